The Balaban J connectivity index is 1.39. The highest BCUT2D eigenvalue weighted by molar-refractivity contribution is 7.89. The molecule has 0 atom stereocenters. The maximum atomic E-state index is 13.1. The van der Waals surface area contributed by atoms with E-state index in [1.165, 1.54) is 16.4 Å². The lowest BCUT2D eigenvalue weighted by Gasteiger charge is -2.38. The standard InChI is InChI=1S/C21H26FN5O5S/c22-18-3-1-16(2-4-18)17-13-23-20(24-14-17)26-7-9-27(10-8-26)33(30,31)15-21(19(28)25-29)5-11-32-12-6-21/h1-4,13-14,29H,5-12,15H2,(H,25,28). The average Bonchev–Trinajstić information content (AvgIpc) is 2.84. The molecule has 4 rings (SSSR count). The van der Waals surface area contributed by atoms with Crippen molar-refractivity contribution >= 4 is 21.9 Å². The number of amides is 1. The number of nitrogens with zero attached hydrogens (tertiary/aromatic N) is 4. The van der Waals surface area contributed by atoms with Crippen LogP contribution in [0.3, 0.4) is 0 Å². The van der Waals surface area contributed by atoms with Crippen LogP contribution in [0.1, 0.15) is 12.8 Å². The van der Waals surface area contributed by atoms with Crippen molar-refractivity contribution in [2.24, 2.45) is 5.41 Å². The Morgan fingerprint density at radius 3 is 2.24 bits per heavy atom. The van der Waals surface area contributed by atoms with Crippen molar-refractivity contribution < 1.29 is 27.5 Å². The van der Waals surface area contributed by atoms with Crippen molar-refractivity contribution in [3.8, 4) is 11.1 Å². The van der Waals surface area contributed by atoms with Crippen LogP contribution in [0.5, 0.6) is 0 Å². The monoisotopic (exact) mass is 479 g/mol. The quantitative estimate of drug-likeness (QED) is 0.465. The summed E-state index contributed by atoms with van der Waals surface area (Å²) in [4.78, 5) is 23.0. The molecule has 0 unspecified atom stereocenters. The van der Waals surface area contributed by atoms with Crippen LogP contribution in [-0.4, -0.2) is 79.0 Å². The summed E-state index contributed by atoms with van der Waals surface area (Å²) in [6, 6.07) is 6.05. The van der Waals surface area contributed by atoms with Crippen molar-refractivity contribution in [3.63, 3.8) is 0 Å². The fourth-order valence-corrected chi connectivity index (χ4v) is 6.22. The Kier molecular flexibility index (Phi) is 6.88. The summed E-state index contributed by atoms with van der Waals surface area (Å²) in [5, 5.41) is 9.14. The topological polar surface area (TPSA) is 125 Å². The average molecular weight is 480 g/mol. The molecule has 33 heavy (non-hydrogen) atoms. The van der Waals surface area contributed by atoms with Crippen LogP contribution in [0.15, 0.2) is 36.7 Å². The van der Waals surface area contributed by atoms with Gasteiger partial charge in [0.1, 0.15) is 5.82 Å². The van der Waals surface area contributed by atoms with E-state index in [1.807, 2.05) is 4.90 Å². The number of piperazine rings is 1. The van der Waals surface area contributed by atoms with Crippen LogP contribution < -0.4 is 10.4 Å². The molecular formula is C21H26FN5O5S. The van der Waals surface area contributed by atoms with Gasteiger partial charge in [-0.3, -0.25) is 10.0 Å². The molecule has 2 fully saturated rings. The van der Waals surface area contributed by atoms with E-state index in [0.29, 0.717) is 19.0 Å². The number of nitrogens with one attached hydrogen (secondary N) is 1. The maximum Gasteiger partial charge on any atom is 0.250 e. The van der Waals surface area contributed by atoms with E-state index < -0.39 is 21.3 Å². The normalized spacial score (nSPS) is 19.3. The van der Waals surface area contributed by atoms with Gasteiger partial charge in [-0.05, 0) is 30.5 Å². The SMILES string of the molecule is O=C(NO)C1(CS(=O)(=O)N2CCN(c3ncc(-c4ccc(F)cc4)cn3)CC2)CCOCC1. The molecule has 0 saturated carbocycles. The number of rotatable bonds is 6. The summed E-state index contributed by atoms with van der Waals surface area (Å²) in [6.07, 6.45) is 3.77. The summed E-state index contributed by atoms with van der Waals surface area (Å²) < 4.78 is 46.0. The molecule has 1 amide bonds. The fourth-order valence-electron chi connectivity index (χ4n) is 4.20. The summed E-state index contributed by atoms with van der Waals surface area (Å²) in [5.74, 6) is -0.900. The molecular weight excluding hydrogens is 453 g/mol. The van der Waals surface area contributed by atoms with Crippen molar-refractivity contribution in [2.75, 3.05) is 50.0 Å². The first kappa shape index (κ1) is 23.5. The molecule has 2 aromatic rings. The van der Waals surface area contributed by atoms with E-state index in [1.54, 1.807) is 30.0 Å². The highest BCUT2D eigenvalue weighted by Crippen LogP contribution is 2.33. The predicted octanol–water partition coefficient (Wildman–Crippen LogP) is 1.04. The molecule has 0 aliphatic carbocycles. The van der Waals surface area contributed by atoms with Gasteiger partial charge in [-0.15, -0.1) is 0 Å². The first-order valence-electron chi connectivity index (χ1n) is 10.7. The predicted molar refractivity (Wildman–Crippen MR) is 117 cm³/mol. The Bertz CT molecular complexity index is 1070. The van der Waals surface area contributed by atoms with Crippen LogP contribution in [0.2, 0.25) is 0 Å². The number of sulfonamides is 1. The van der Waals surface area contributed by atoms with E-state index >= 15 is 0 Å². The number of carbonyl (C=O) groups excluding carboxylic acids is 1. The molecule has 10 nitrogen and oxygen atoms in total. The smallest absolute Gasteiger partial charge is 0.250 e. The molecule has 1 aromatic heterocycles. The van der Waals surface area contributed by atoms with E-state index in [4.69, 9.17) is 9.94 Å². The molecule has 12 heteroatoms. The molecule has 2 aliphatic rings. The number of aromatic nitrogens is 2. The molecule has 0 spiro atoms. The second-order valence-electron chi connectivity index (χ2n) is 8.25. The third-order valence-electron chi connectivity index (χ3n) is 6.22. The molecule has 0 radical (unpaired) electrons. The highest BCUT2D eigenvalue weighted by atomic mass is 32.2. The van der Waals surface area contributed by atoms with Gasteiger partial charge in [0.25, 0.3) is 5.91 Å². The van der Waals surface area contributed by atoms with Gasteiger partial charge in [0.2, 0.25) is 16.0 Å². The van der Waals surface area contributed by atoms with Crippen LogP contribution in [0, 0.1) is 11.2 Å². The number of ether oxygens (including phenoxy) is 1. The van der Waals surface area contributed by atoms with Gasteiger partial charge in [-0.1, -0.05) is 12.1 Å². The van der Waals surface area contributed by atoms with Gasteiger partial charge in [0, 0.05) is 57.3 Å². The summed E-state index contributed by atoms with van der Waals surface area (Å²) >= 11 is 0. The number of anilines is 1. The zero-order valence-corrected chi connectivity index (χ0v) is 18.8. The minimum Gasteiger partial charge on any atom is -0.381 e. The molecule has 2 saturated heterocycles. The van der Waals surface area contributed by atoms with Gasteiger partial charge in [-0.25, -0.2) is 28.3 Å². The van der Waals surface area contributed by atoms with Crippen molar-refractivity contribution in [1.82, 2.24) is 19.8 Å². The number of carbonyl (C=O) groups is 1. The Morgan fingerprint density at radius 2 is 1.67 bits per heavy atom. The minimum atomic E-state index is -3.74. The Morgan fingerprint density at radius 1 is 1.06 bits per heavy atom. The van der Waals surface area contributed by atoms with E-state index in [0.717, 1.165) is 11.1 Å². The Labute approximate surface area is 191 Å². The Hall–Kier alpha value is -2.67. The van der Waals surface area contributed by atoms with Gasteiger partial charge >= 0.3 is 0 Å². The van der Waals surface area contributed by atoms with Crippen LogP contribution in [0.25, 0.3) is 11.1 Å². The number of hydrogen-bond donors (Lipinski definition) is 2. The lowest BCUT2D eigenvalue weighted by molar-refractivity contribution is -0.143. The molecule has 2 aliphatic heterocycles. The molecule has 3 heterocycles. The summed E-state index contributed by atoms with van der Waals surface area (Å²) in [7, 11) is -3.74. The molecule has 178 valence electrons. The van der Waals surface area contributed by atoms with E-state index in [9.17, 15) is 17.6 Å². The van der Waals surface area contributed by atoms with Gasteiger partial charge < -0.3 is 9.64 Å². The van der Waals surface area contributed by atoms with Crippen LogP contribution in [-0.2, 0) is 19.6 Å². The molecule has 0 bridgehead atoms. The lowest BCUT2D eigenvalue weighted by Crippen LogP contribution is -2.54. The van der Waals surface area contributed by atoms with Crippen LogP contribution >= 0.6 is 0 Å². The second-order valence-corrected chi connectivity index (χ2v) is 10.2. The van der Waals surface area contributed by atoms with Crippen molar-refractivity contribution in [3.05, 3.63) is 42.5 Å². The first-order valence-corrected chi connectivity index (χ1v) is 12.3. The van der Waals surface area contributed by atoms with Gasteiger partial charge in [0.05, 0.1) is 11.2 Å². The van der Waals surface area contributed by atoms with Gasteiger partial charge in [0.15, 0.2) is 0 Å². The highest BCUT2D eigenvalue weighted by Gasteiger charge is 2.45. The zero-order valence-electron chi connectivity index (χ0n) is 18.0. The summed E-state index contributed by atoms with van der Waals surface area (Å²) in [5.41, 5.74) is 1.97. The van der Waals surface area contributed by atoms with E-state index in [-0.39, 0.29) is 50.7 Å². The largest absolute Gasteiger partial charge is 0.381 e. The number of halogens is 1. The number of hydrogen-bond acceptors (Lipinski definition) is 8. The van der Waals surface area contributed by atoms with Crippen molar-refractivity contribution in [2.45, 2.75) is 12.8 Å². The zero-order chi connectivity index (χ0) is 23.5. The number of hydroxylamine groups is 1. The lowest BCUT2D eigenvalue weighted by atomic mass is 9.81. The number of benzene rings is 1. The summed E-state index contributed by atoms with van der Waals surface area (Å²) in [6.45, 7) is 1.80. The minimum absolute atomic E-state index is 0.229. The first-order chi connectivity index (χ1) is 15.8. The third kappa shape index (κ3) is 5.13. The van der Waals surface area contributed by atoms with E-state index in [2.05, 4.69) is 9.97 Å². The van der Waals surface area contributed by atoms with Gasteiger partial charge in [-0.2, -0.15) is 4.31 Å². The molecule has 1 aromatic carbocycles. The van der Waals surface area contributed by atoms with Crippen molar-refractivity contribution in [1.29, 1.82) is 0 Å². The fraction of sp³-hybridized carbons (Fsp3) is 0.476. The van der Waals surface area contributed by atoms with Crippen LogP contribution in [0.4, 0.5) is 10.3 Å². The second kappa shape index (κ2) is 9.67. The molecule has 2 N–H and O–H groups in total. The maximum absolute atomic E-state index is 13.1. The third-order valence-corrected chi connectivity index (χ3v) is 8.29.